The Morgan fingerprint density at radius 1 is 0.783 bits per heavy atom. The Morgan fingerprint density at radius 2 is 1.30 bits per heavy atom. The molecule has 0 fully saturated rings. The lowest BCUT2D eigenvalue weighted by Crippen LogP contribution is -2.22. The van der Waals surface area contributed by atoms with Crippen molar-refractivity contribution in [3.05, 3.63) is 71.0 Å². The van der Waals surface area contributed by atoms with Gasteiger partial charge in [0.05, 0.1) is 12.4 Å². The molecule has 0 unspecified atom stereocenters. The number of halogens is 2. The average molecular weight is 347 g/mol. The third-order valence-electron chi connectivity index (χ3n) is 3.00. The van der Waals surface area contributed by atoms with E-state index in [0.29, 0.717) is 27.2 Å². The van der Waals surface area contributed by atoms with Crippen LogP contribution in [0.5, 0.6) is 0 Å². The van der Waals surface area contributed by atoms with Gasteiger partial charge in [-0.1, -0.05) is 29.3 Å². The van der Waals surface area contributed by atoms with Gasteiger partial charge in [0.25, 0.3) is 0 Å². The largest absolute Gasteiger partial charge is 0.345 e. The number of benzene rings is 1. The van der Waals surface area contributed by atoms with Crippen molar-refractivity contribution in [1.82, 2.24) is 19.9 Å². The van der Waals surface area contributed by atoms with Gasteiger partial charge < -0.3 is 10.6 Å². The molecule has 0 amide bonds. The first-order valence-electron chi connectivity index (χ1n) is 6.73. The van der Waals surface area contributed by atoms with Gasteiger partial charge in [-0.25, -0.2) is 9.97 Å². The maximum Gasteiger partial charge on any atom is 0.146 e. The number of aromatic nitrogens is 4. The second-order valence-electron chi connectivity index (χ2n) is 4.54. The molecule has 2 N–H and O–H groups in total. The summed E-state index contributed by atoms with van der Waals surface area (Å²) in [7, 11) is 0. The van der Waals surface area contributed by atoms with Crippen molar-refractivity contribution in [1.29, 1.82) is 0 Å². The lowest BCUT2D eigenvalue weighted by atomic mass is 10.1. The standard InChI is InChI=1S/C15H12Cl2N6/c16-10-2-1-3-11(17)14(10)15(22-12-8-18-4-6-20-12)23-13-9-19-5-7-21-13/h1-9,15H,(H,20,22)(H,21,23). The fourth-order valence-electron chi connectivity index (χ4n) is 2.01. The molecule has 23 heavy (non-hydrogen) atoms. The van der Waals surface area contributed by atoms with E-state index in [2.05, 4.69) is 30.6 Å². The van der Waals surface area contributed by atoms with E-state index >= 15 is 0 Å². The van der Waals surface area contributed by atoms with E-state index in [1.54, 1.807) is 55.4 Å². The summed E-state index contributed by atoms with van der Waals surface area (Å²) in [5.41, 5.74) is 0.687. The molecular weight excluding hydrogens is 335 g/mol. The van der Waals surface area contributed by atoms with Crippen molar-refractivity contribution < 1.29 is 0 Å². The van der Waals surface area contributed by atoms with Crippen LogP contribution in [0.2, 0.25) is 10.0 Å². The Labute approximate surface area is 142 Å². The molecule has 3 rings (SSSR count). The van der Waals surface area contributed by atoms with Gasteiger partial charge in [0.1, 0.15) is 17.8 Å². The summed E-state index contributed by atoms with van der Waals surface area (Å²) in [5.74, 6) is 1.15. The highest BCUT2D eigenvalue weighted by Gasteiger charge is 2.19. The minimum absolute atomic E-state index is 0.454. The van der Waals surface area contributed by atoms with E-state index in [4.69, 9.17) is 23.2 Å². The van der Waals surface area contributed by atoms with Crippen LogP contribution < -0.4 is 10.6 Å². The van der Waals surface area contributed by atoms with Crippen molar-refractivity contribution in [2.45, 2.75) is 6.17 Å². The maximum atomic E-state index is 6.32. The molecule has 2 heterocycles. The van der Waals surface area contributed by atoms with E-state index < -0.39 is 6.17 Å². The fourth-order valence-corrected chi connectivity index (χ4v) is 2.63. The molecule has 2 aromatic heterocycles. The van der Waals surface area contributed by atoms with Crippen molar-refractivity contribution in [3.63, 3.8) is 0 Å². The summed E-state index contributed by atoms with van der Waals surface area (Å²) in [4.78, 5) is 16.5. The zero-order chi connectivity index (χ0) is 16.1. The van der Waals surface area contributed by atoms with Crippen LogP contribution >= 0.6 is 23.2 Å². The lowest BCUT2D eigenvalue weighted by molar-refractivity contribution is 0.876. The van der Waals surface area contributed by atoms with E-state index in [1.807, 2.05) is 0 Å². The van der Waals surface area contributed by atoms with Crippen LogP contribution in [0.1, 0.15) is 11.7 Å². The molecule has 0 atom stereocenters. The molecule has 0 saturated carbocycles. The number of hydrogen-bond donors (Lipinski definition) is 2. The average Bonchev–Trinajstić information content (AvgIpc) is 2.56. The number of hydrogen-bond acceptors (Lipinski definition) is 6. The third-order valence-corrected chi connectivity index (χ3v) is 3.66. The molecule has 0 aliphatic heterocycles. The van der Waals surface area contributed by atoms with Crippen LogP contribution in [-0.2, 0) is 0 Å². The normalized spacial score (nSPS) is 10.6. The topological polar surface area (TPSA) is 75.6 Å². The molecule has 0 bridgehead atoms. The molecular formula is C15H12Cl2N6. The van der Waals surface area contributed by atoms with E-state index in [0.717, 1.165) is 0 Å². The molecule has 6 nitrogen and oxygen atoms in total. The Morgan fingerprint density at radius 3 is 1.74 bits per heavy atom. The summed E-state index contributed by atoms with van der Waals surface area (Å²) in [6.07, 6.45) is 9.14. The molecule has 0 spiro atoms. The summed E-state index contributed by atoms with van der Waals surface area (Å²) in [5, 5.41) is 7.45. The van der Waals surface area contributed by atoms with Crippen LogP contribution in [0, 0.1) is 0 Å². The summed E-state index contributed by atoms with van der Waals surface area (Å²) in [6.45, 7) is 0. The van der Waals surface area contributed by atoms with Gasteiger partial charge in [0, 0.05) is 40.4 Å². The minimum atomic E-state index is -0.454. The molecule has 0 saturated heterocycles. The fraction of sp³-hybridized carbons (Fsp3) is 0.0667. The predicted octanol–water partition coefficient (Wildman–Crippen LogP) is 3.80. The first kappa shape index (κ1) is 15.5. The van der Waals surface area contributed by atoms with Gasteiger partial charge in [-0.15, -0.1) is 0 Å². The first-order valence-corrected chi connectivity index (χ1v) is 7.48. The number of nitrogens with zero attached hydrogens (tertiary/aromatic N) is 4. The van der Waals surface area contributed by atoms with Gasteiger partial charge in [-0.05, 0) is 12.1 Å². The van der Waals surface area contributed by atoms with E-state index in [1.165, 1.54) is 0 Å². The Balaban J connectivity index is 1.96. The molecule has 1 aromatic carbocycles. The molecule has 0 aliphatic rings. The van der Waals surface area contributed by atoms with Gasteiger partial charge in [-0.3, -0.25) is 9.97 Å². The highest BCUT2D eigenvalue weighted by Crippen LogP contribution is 2.32. The number of rotatable bonds is 5. The van der Waals surface area contributed by atoms with Crippen LogP contribution in [0.25, 0.3) is 0 Å². The van der Waals surface area contributed by atoms with Crippen LogP contribution in [0.4, 0.5) is 11.6 Å². The highest BCUT2D eigenvalue weighted by atomic mass is 35.5. The van der Waals surface area contributed by atoms with Gasteiger partial charge in [-0.2, -0.15) is 0 Å². The Kier molecular flexibility index (Phi) is 4.85. The second-order valence-corrected chi connectivity index (χ2v) is 5.35. The van der Waals surface area contributed by atoms with Crippen molar-refractivity contribution in [2.24, 2.45) is 0 Å². The van der Waals surface area contributed by atoms with Crippen LogP contribution in [-0.4, -0.2) is 19.9 Å². The SMILES string of the molecule is Clc1cccc(Cl)c1C(Nc1cnccn1)Nc1cnccn1. The van der Waals surface area contributed by atoms with E-state index in [-0.39, 0.29) is 0 Å². The van der Waals surface area contributed by atoms with Crippen molar-refractivity contribution in [3.8, 4) is 0 Å². The summed E-state index contributed by atoms with van der Waals surface area (Å²) >= 11 is 12.6. The van der Waals surface area contributed by atoms with Crippen molar-refractivity contribution >= 4 is 34.8 Å². The van der Waals surface area contributed by atoms with E-state index in [9.17, 15) is 0 Å². The molecule has 8 heteroatoms. The number of nitrogens with one attached hydrogen (secondary N) is 2. The summed E-state index contributed by atoms with van der Waals surface area (Å²) < 4.78 is 0. The first-order chi connectivity index (χ1) is 11.2. The predicted molar refractivity (Wildman–Crippen MR) is 90.5 cm³/mol. The zero-order valence-corrected chi connectivity index (χ0v) is 13.3. The third kappa shape index (κ3) is 3.85. The Bertz CT molecular complexity index is 708. The molecule has 0 aliphatic carbocycles. The minimum Gasteiger partial charge on any atom is -0.345 e. The molecule has 0 radical (unpaired) electrons. The quantitative estimate of drug-likeness (QED) is 0.684. The monoisotopic (exact) mass is 346 g/mol. The zero-order valence-electron chi connectivity index (χ0n) is 11.8. The van der Waals surface area contributed by atoms with Crippen molar-refractivity contribution in [2.75, 3.05) is 10.6 Å². The lowest BCUT2D eigenvalue weighted by Gasteiger charge is -2.23. The highest BCUT2D eigenvalue weighted by molar-refractivity contribution is 6.36. The van der Waals surface area contributed by atoms with Gasteiger partial charge in [0.15, 0.2) is 0 Å². The smallest absolute Gasteiger partial charge is 0.146 e. The number of anilines is 2. The van der Waals surface area contributed by atoms with Gasteiger partial charge in [0.2, 0.25) is 0 Å². The Hall–Kier alpha value is -2.44. The van der Waals surface area contributed by atoms with Gasteiger partial charge >= 0.3 is 0 Å². The maximum absolute atomic E-state index is 6.32. The van der Waals surface area contributed by atoms with Crippen LogP contribution in [0.3, 0.4) is 0 Å². The molecule has 3 aromatic rings. The summed E-state index contributed by atoms with van der Waals surface area (Å²) in [6, 6.07) is 5.33. The second kappa shape index (κ2) is 7.21. The van der Waals surface area contributed by atoms with Crippen LogP contribution in [0.15, 0.2) is 55.4 Å². The molecule has 116 valence electrons.